The summed E-state index contributed by atoms with van der Waals surface area (Å²) in [4.78, 5) is 21.3. The number of rotatable bonds is 11. The molecule has 6 heterocycles. The lowest BCUT2D eigenvalue weighted by molar-refractivity contribution is 0.565. The molecule has 0 bridgehead atoms. The molecular weight excluding hydrogens is 977 g/mol. The van der Waals surface area contributed by atoms with Gasteiger partial charge in [0.2, 0.25) is 0 Å². The molecule has 12 aromatic rings. The zero-order chi connectivity index (χ0) is 52.2. The Hall–Kier alpha value is -8.95. The van der Waals surface area contributed by atoms with Crippen LogP contribution < -0.4 is 0 Å². The molecule has 0 N–H and O–H groups in total. The zero-order valence-electron chi connectivity index (χ0n) is 43.6. The van der Waals surface area contributed by atoms with Gasteiger partial charge in [0.1, 0.15) is 0 Å². The van der Waals surface area contributed by atoms with Crippen LogP contribution in [0.3, 0.4) is 0 Å². The molecule has 2 atom stereocenters. The fraction of sp³-hybridized carbons (Fsp3) is 0.0833. The topological polar surface area (TPSA) is 51.6 Å². The second-order valence-electron chi connectivity index (χ2n) is 20.9. The van der Waals surface area contributed by atoms with Crippen LogP contribution in [-0.4, -0.2) is 47.1 Å². The Kier molecular flexibility index (Phi) is 11.9. The molecule has 78 heavy (non-hydrogen) atoms. The molecule has 14 rings (SSSR count). The number of allylic oxidation sites excluding steroid dienone is 4. The van der Waals surface area contributed by atoms with Crippen LogP contribution in [0.5, 0.6) is 0 Å². The molecule has 4 aromatic heterocycles. The van der Waals surface area contributed by atoms with E-state index < -0.39 is 26.9 Å². The number of pyridine rings is 4. The van der Waals surface area contributed by atoms with Crippen LogP contribution in [0.4, 0.5) is 0 Å². The monoisotopic (exact) mass is 1030 g/mol. The molecule has 0 saturated heterocycles. The van der Waals surface area contributed by atoms with Gasteiger partial charge in [0.15, 0.2) is 0 Å². The van der Waals surface area contributed by atoms with E-state index in [2.05, 4.69) is 281 Å². The summed E-state index contributed by atoms with van der Waals surface area (Å²) < 4.78 is 0. The lowest BCUT2D eigenvalue weighted by Gasteiger charge is -2.42. The number of fused-ring (bicyclic) bond motifs is 4. The highest BCUT2D eigenvalue weighted by molar-refractivity contribution is 6.89. The average Bonchev–Trinajstić information content (AvgIpc) is 3.85. The number of aromatic nitrogens is 4. The second-order valence-corrected chi connectivity index (χ2v) is 26.1. The molecule has 0 amide bonds. The molecular formula is C72H54N4Si2. The van der Waals surface area contributed by atoms with Crippen molar-refractivity contribution in [3.05, 3.63) is 312 Å². The fourth-order valence-electron chi connectivity index (χ4n) is 13.4. The van der Waals surface area contributed by atoms with Crippen molar-refractivity contribution in [3.8, 4) is 0 Å². The van der Waals surface area contributed by atoms with Gasteiger partial charge in [-0.3, -0.25) is 19.9 Å². The number of hydrogen-bond acceptors (Lipinski definition) is 4. The van der Waals surface area contributed by atoms with E-state index >= 15 is 0 Å². The average molecular weight is 1030 g/mol. The van der Waals surface area contributed by atoms with Crippen LogP contribution in [-0.2, 0) is 10.1 Å². The number of nitrogens with zero attached hydrogens (tertiary/aromatic N) is 4. The van der Waals surface area contributed by atoms with E-state index in [-0.39, 0.29) is 0 Å². The minimum absolute atomic E-state index is 0.531. The van der Waals surface area contributed by atoms with Crippen molar-refractivity contribution in [2.75, 3.05) is 0 Å². The summed E-state index contributed by atoms with van der Waals surface area (Å²) in [5, 5.41) is 6.29. The summed E-state index contributed by atoms with van der Waals surface area (Å²) >= 11 is 0. The van der Waals surface area contributed by atoms with Gasteiger partial charge in [-0.1, -0.05) is 207 Å². The summed E-state index contributed by atoms with van der Waals surface area (Å²) in [6, 6.07) is 89.2. The van der Waals surface area contributed by atoms with Gasteiger partial charge in [-0.15, -0.1) is 0 Å². The maximum Gasteiger partial charge on any atom is 0.0702 e. The number of benzene rings is 8. The highest BCUT2D eigenvalue weighted by Gasteiger charge is 2.53. The van der Waals surface area contributed by atoms with Crippen LogP contribution in [0.1, 0.15) is 57.3 Å². The molecule has 0 radical (unpaired) electrons. The van der Waals surface area contributed by atoms with Gasteiger partial charge in [0.05, 0.1) is 22.1 Å². The molecule has 8 aromatic carbocycles. The Labute approximate surface area is 458 Å². The summed E-state index contributed by atoms with van der Waals surface area (Å²) in [5.74, 6) is 0. The Morgan fingerprint density at radius 1 is 0.295 bits per heavy atom. The molecule has 2 aliphatic rings. The van der Waals surface area contributed by atoms with Crippen molar-refractivity contribution in [1.82, 2.24) is 19.9 Å². The minimum atomic E-state index is -1.68. The van der Waals surface area contributed by atoms with Crippen molar-refractivity contribution in [2.45, 2.75) is 36.0 Å². The van der Waals surface area contributed by atoms with Crippen LogP contribution in [0.15, 0.2) is 267 Å². The van der Waals surface area contributed by atoms with E-state index in [0.29, 0.717) is 0 Å². The maximum atomic E-state index is 5.41. The van der Waals surface area contributed by atoms with Gasteiger partial charge in [-0.25, -0.2) is 0 Å². The van der Waals surface area contributed by atoms with Gasteiger partial charge >= 0.3 is 0 Å². The van der Waals surface area contributed by atoms with E-state index in [1.807, 2.05) is 0 Å². The highest BCUT2D eigenvalue weighted by Crippen LogP contribution is 2.58. The number of para-hydroxylation sites is 4. The fourth-order valence-corrected chi connectivity index (χ4v) is 20.1. The quantitative estimate of drug-likeness (QED) is 0.121. The van der Waals surface area contributed by atoms with Crippen LogP contribution in [0.2, 0.25) is 13.1 Å². The molecule has 370 valence electrons. The summed E-state index contributed by atoms with van der Waals surface area (Å²) in [5.41, 5.74) is 19.0. The Morgan fingerprint density at radius 3 is 0.923 bits per heavy atom. The van der Waals surface area contributed by atoms with Crippen molar-refractivity contribution < 1.29 is 0 Å². The van der Waals surface area contributed by atoms with Gasteiger partial charge in [-0.2, -0.15) is 0 Å². The maximum absolute atomic E-state index is 5.41. The van der Waals surface area contributed by atoms with E-state index in [1.165, 1.54) is 77.1 Å². The Bertz CT molecular complexity index is 4170. The van der Waals surface area contributed by atoms with Crippen LogP contribution >= 0.6 is 0 Å². The summed E-state index contributed by atoms with van der Waals surface area (Å²) in [7, 11) is -3.37. The zero-order valence-corrected chi connectivity index (χ0v) is 45.6. The second kappa shape index (κ2) is 19.6. The normalized spacial score (nSPS) is 17.6. The molecule has 0 fully saturated rings. The molecule has 6 heteroatoms. The molecule has 0 aliphatic carbocycles. The van der Waals surface area contributed by atoms with E-state index in [1.54, 1.807) is 0 Å². The Balaban J connectivity index is 1.13. The van der Waals surface area contributed by atoms with Gasteiger partial charge in [0, 0.05) is 73.2 Å². The van der Waals surface area contributed by atoms with Crippen molar-refractivity contribution >= 4 is 93.1 Å². The van der Waals surface area contributed by atoms with Gasteiger partial charge in [0.25, 0.3) is 0 Å². The SMILES string of the molecule is C[Si]1=C(c2cnc3ccccc3c2)C(c2ccccc2)=C(c2ccccc2)C1(CCC1(c2cnc3ccccc3c2)C(c2ccccc2)=C(c2ccccc2)C(c2cnc3ccccc3c2)=[Si]1C)c1cnc2ccccc2c1. The van der Waals surface area contributed by atoms with Crippen LogP contribution in [0.25, 0.3) is 65.9 Å². The third-order valence-electron chi connectivity index (χ3n) is 16.9. The molecule has 2 unspecified atom stereocenters. The first-order valence-corrected chi connectivity index (χ1v) is 31.1. The highest BCUT2D eigenvalue weighted by atomic mass is 28.2. The van der Waals surface area contributed by atoms with Gasteiger partial charge < -0.3 is 0 Å². The smallest absolute Gasteiger partial charge is 0.0702 e. The van der Waals surface area contributed by atoms with E-state index in [9.17, 15) is 0 Å². The summed E-state index contributed by atoms with van der Waals surface area (Å²) in [6.45, 7) is 5.20. The van der Waals surface area contributed by atoms with Crippen LogP contribution in [0, 0.1) is 0 Å². The predicted octanol–water partition coefficient (Wildman–Crippen LogP) is 16.0. The lowest BCUT2D eigenvalue weighted by Crippen LogP contribution is -2.43. The minimum Gasteiger partial charge on any atom is -0.256 e. The molecule has 0 saturated carbocycles. The molecule has 0 spiro atoms. The standard InChI is InChI=1S/C72H54N4Si2/c1-77-69(57-41-53-31-15-19-35-61(53)73-45-57)65(49-23-7-3-8-24-49)67(51-27-11-5-12-28-51)71(77,59-43-55-33-17-21-37-63(55)75-47-59)39-40-72(60-44-56-34-18-22-38-64(56)76-48-60)68(52-29-13-6-14-30-52)66(50-25-9-4-10-26-50)70(78(72)2)58-42-54-32-16-20-36-62(54)74-46-58/h3-38,41-48H,39-40H2,1-2H3. The largest absolute Gasteiger partial charge is 0.256 e. The van der Waals surface area contributed by atoms with Gasteiger partial charge in [-0.05, 0) is 139 Å². The first kappa shape index (κ1) is 47.5. The first-order valence-electron chi connectivity index (χ1n) is 27.1. The number of hydrogen-bond donors (Lipinski definition) is 0. The third-order valence-corrected chi connectivity index (χ3v) is 23.6. The predicted molar refractivity (Wildman–Crippen MR) is 330 cm³/mol. The molecule has 4 nitrogen and oxygen atoms in total. The third kappa shape index (κ3) is 7.77. The van der Waals surface area contributed by atoms with Crippen molar-refractivity contribution in [3.63, 3.8) is 0 Å². The lowest BCUT2D eigenvalue weighted by atomic mass is 9.73. The first-order chi connectivity index (χ1) is 38.5. The van der Waals surface area contributed by atoms with E-state index in [0.717, 1.165) is 56.5 Å². The van der Waals surface area contributed by atoms with Crippen molar-refractivity contribution in [1.29, 1.82) is 0 Å². The van der Waals surface area contributed by atoms with E-state index in [4.69, 9.17) is 19.9 Å². The van der Waals surface area contributed by atoms with Crippen molar-refractivity contribution in [2.24, 2.45) is 0 Å². The summed E-state index contributed by atoms with van der Waals surface area (Å²) in [6.07, 6.45) is 10.4. The Morgan fingerprint density at radius 2 is 0.577 bits per heavy atom. The molecule has 2 aliphatic heterocycles.